The van der Waals surface area contributed by atoms with E-state index in [-0.39, 0.29) is 16.6 Å². The lowest BCUT2D eigenvalue weighted by Crippen LogP contribution is -2.17. The average molecular weight is 300 g/mol. The lowest BCUT2D eigenvalue weighted by atomic mass is 9.79. The number of hydrogen-bond acceptors (Lipinski definition) is 4. The molecular weight excluding hydrogens is 276 g/mol. The standard InChI is InChI=1S/C18H24N2O2/c1-17(2,3)13-9-12(11-19-15-7-8-22-20-15)16(21)14(10-13)18(4,5)6/h7-11,21H,1-6H3. The minimum Gasteiger partial charge on any atom is -0.507 e. The molecule has 0 aliphatic rings. The molecule has 0 saturated carbocycles. The van der Waals surface area contributed by atoms with Crippen LogP contribution in [-0.2, 0) is 10.8 Å². The van der Waals surface area contributed by atoms with Crippen molar-refractivity contribution in [3.8, 4) is 5.75 Å². The number of phenols is 1. The zero-order valence-corrected chi connectivity index (χ0v) is 14.1. The van der Waals surface area contributed by atoms with E-state index in [9.17, 15) is 5.11 Å². The highest BCUT2D eigenvalue weighted by Gasteiger charge is 2.24. The first-order chi connectivity index (χ1) is 10.1. The van der Waals surface area contributed by atoms with Crippen molar-refractivity contribution < 1.29 is 9.63 Å². The van der Waals surface area contributed by atoms with E-state index in [1.807, 2.05) is 6.07 Å². The summed E-state index contributed by atoms with van der Waals surface area (Å²) >= 11 is 0. The van der Waals surface area contributed by atoms with Gasteiger partial charge >= 0.3 is 0 Å². The van der Waals surface area contributed by atoms with Gasteiger partial charge in [0.1, 0.15) is 12.0 Å². The molecule has 0 amide bonds. The van der Waals surface area contributed by atoms with Crippen molar-refractivity contribution in [3.63, 3.8) is 0 Å². The Labute approximate surface area is 131 Å². The van der Waals surface area contributed by atoms with Crippen LogP contribution in [0.15, 0.2) is 34.0 Å². The highest BCUT2D eigenvalue weighted by molar-refractivity contribution is 5.86. The molecule has 1 heterocycles. The van der Waals surface area contributed by atoms with Gasteiger partial charge in [-0.15, -0.1) is 0 Å². The molecule has 0 bridgehead atoms. The largest absolute Gasteiger partial charge is 0.507 e. The van der Waals surface area contributed by atoms with Crippen LogP contribution in [-0.4, -0.2) is 16.5 Å². The molecule has 0 atom stereocenters. The number of aliphatic imine (C=N–C) groups is 1. The minimum atomic E-state index is -0.151. The fourth-order valence-corrected chi connectivity index (χ4v) is 2.17. The van der Waals surface area contributed by atoms with E-state index in [2.05, 4.69) is 57.8 Å². The topological polar surface area (TPSA) is 58.6 Å². The van der Waals surface area contributed by atoms with Gasteiger partial charge < -0.3 is 9.63 Å². The van der Waals surface area contributed by atoms with E-state index in [1.165, 1.54) is 6.26 Å². The maximum absolute atomic E-state index is 10.6. The second-order valence-corrected chi connectivity index (χ2v) is 7.58. The lowest BCUT2D eigenvalue weighted by Gasteiger charge is -2.26. The van der Waals surface area contributed by atoms with E-state index in [0.717, 1.165) is 11.1 Å². The Morgan fingerprint density at radius 2 is 1.77 bits per heavy atom. The summed E-state index contributed by atoms with van der Waals surface area (Å²) in [4.78, 5) is 4.25. The Balaban J connectivity index is 2.57. The average Bonchev–Trinajstić information content (AvgIpc) is 2.87. The van der Waals surface area contributed by atoms with E-state index in [4.69, 9.17) is 4.52 Å². The summed E-state index contributed by atoms with van der Waals surface area (Å²) in [6.07, 6.45) is 3.11. The van der Waals surface area contributed by atoms with Crippen molar-refractivity contribution in [2.45, 2.75) is 52.4 Å². The van der Waals surface area contributed by atoms with Gasteiger partial charge in [-0.2, -0.15) is 0 Å². The highest BCUT2D eigenvalue weighted by atomic mass is 16.5. The van der Waals surface area contributed by atoms with Gasteiger partial charge in [-0.3, -0.25) is 0 Å². The van der Waals surface area contributed by atoms with Crippen molar-refractivity contribution in [1.82, 2.24) is 5.16 Å². The molecule has 0 radical (unpaired) electrons. The van der Waals surface area contributed by atoms with Crippen LogP contribution < -0.4 is 0 Å². The quantitative estimate of drug-likeness (QED) is 0.816. The monoisotopic (exact) mass is 300 g/mol. The molecular formula is C18H24N2O2. The normalized spacial score (nSPS) is 13.0. The maximum atomic E-state index is 10.6. The molecule has 2 aromatic rings. The van der Waals surface area contributed by atoms with E-state index < -0.39 is 0 Å². The predicted octanol–water partition coefficient (Wildman–Crippen LogP) is 4.73. The third-order valence-corrected chi connectivity index (χ3v) is 3.57. The van der Waals surface area contributed by atoms with Crippen molar-refractivity contribution >= 4 is 12.0 Å². The molecule has 0 aliphatic heterocycles. The van der Waals surface area contributed by atoms with E-state index in [0.29, 0.717) is 11.4 Å². The van der Waals surface area contributed by atoms with Gasteiger partial charge in [0.2, 0.25) is 0 Å². The van der Waals surface area contributed by atoms with Crippen molar-refractivity contribution in [3.05, 3.63) is 41.2 Å². The Kier molecular flexibility index (Phi) is 4.14. The number of rotatable bonds is 2. The summed E-state index contributed by atoms with van der Waals surface area (Å²) in [7, 11) is 0. The van der Waals surface area contributed by atoms with Crippen LogP contribution in [0.25, 0.3) is 0 Å². The molecule has 1 N–H and O–H groups in total. The third-order valence-electron chi connectivity index (χ3n) is 3.57. The van der Waals surface area contributed by atoms with Crippen LogP contribution in [0.3, 0.4) is 0 Å². The molecule has 4 heteroatoms. The van der Waals surface area contributed by atoms with Crippen molar-refractivity contribution in [1.29, 1.82) is 0 Å². The molecule has 22 heavy (non-hydrogen) atoms. The van der Waals surface area contributed by atoms with Crippen LogP contribution in [0.1, 0.15) is 58.2 Å². The zero-order valence-electron chi connectivity index (χ0n) is 14.1. The first-order valence-electron chi connectivity index (χ1n) is 7.41. The van der Waals surface area contributed by atoms with Gasteiger partial charge in [-0.25, -0.2) is 4.99 Å². The Morgan fingerprint density at radius 1 is 1.09 bits per heavy atom. The lowest BCUT2D eigenvalue weighted by molar-refractivity contribution is 0.422. The molecule has 0 unspecified atom stereocenters. The van der Waals surface area contributed by atoms with Gasteiger partial charge in [0.25, 0.3) is 0 Å². The van der Waals surface area contributed by atoms with E-state index >= 15 is 0 Å². The fourth-order valence-electron chi connectivity index (χ4n) is 2.17. The van der Waals surface area contributed by atoms with Gasteiger partial charge in [0, 0.05) is 23.4 Å². The number of hydrogen-bond donors (Lipinski definition) is 1. The Bertz CT molecular complexity index is 672. The Hall–Kier alpha value is -2.10. The SMILES string of the molecule is CC(C)(C)c1cc(C=Nc2ccon2)c(O)c(C(C)(C)C)c1. The summed E-state index contributed by atoms with van der Waals surface area (Å²) in [5.74, 6) is 0.755. The van der Waals surface area contributed by atoms with Crippen LogP contribution in [0, 0.1) is 0 Å². The second-order valence-electron chi connectivity index (χ2n) is 7.58. The summed E-state index contributed by atoms with van der Waals surface area (Å²) in [5.41, 5.74) is 2.62. The summed E-state index contributed by atoms with van der Waals surface area (Å²) in [6, 6.07) is 5.74. The van der Waals surface area contributed by atoms with Crippen LogP contribution in [0.2, 0.25) is 0 Å². The van der Waals surface area contributed by atoms with Gasteiger partial charge in [-0.1, -0.05) is 52.8 Å². The molecule has 0 aliphatic carbocycles. The molecule has 1 aromatic carbocycles. The second kappa shape index (κ2) is 5.59. The number of aromatic hydroxyl groups is 1. The van der Waals surface area contributed by atoms with Crippen molar-refractivity contribution in [2.24, 2.45) is 4.99 Å². The van der Waals surface area contributed by atoms with Crippen molar-refractivity contribution in [2.75, 3.05) is 0 Å². The van der Waals surface area contributed by atoms with Gasteiger partial charge in [-0.05, 0) is 22.5 Å². The number of benzene rings is 1. The van der Waals surface area contributed by atoms with Crippen LogP contribution in [0.4, 0.5) is 5.82 Å². The first-order valence-corrected chi connectivity index (χ1v) is 7.41. The molecule has 1 aromatic heterocycles. The molecule has 2 rings (SSSR count). The summed E-state index contributed by atoms with van der Waals surface area (Å²) in [5, 5.41) is 14.4. The molecule has 118 valence electrons. The van der Waals surface area contributed by atoms with Gasteiger partial charge in [0.15, 0.2) is 5.82 Å². The fraction of sp³-hybridized carbons (Fsp3) is 0.444. The minimum absolute atomic E-state index is 0.00974. The third kappa shape index (κ3) is 3.56. The number of nitrogens with zero attached hydrogens (tertiary/aromatic N) is 2. The molecule has 0 saturated heterocycles. The highest BCUT2D eigenvalue weighted by Crippen LogP contribution is 2.37. The molecule has 4 nitrogen and oxygen atoms in total. The van der Waals surface area contributed by atoms with Gasteiger partial charge in [0.05, 0.1) is 0 Å². The molecule has 0 fully saturated rings. The van der Waals surface area contributed by atoms with Crippen LogP contribution in [0.5, 0.6) is 5.75 Å². The predicted molar refractivity (Wildman–Crippen MR) is 89.3 cm³/mol. The zero-order chi connectivity index (χ0) is 16.5. The number of phenolic OH excluding ortho intramolecular Hbond substituents is 1. The Morgan fingerprint density at radius 3 is 2.27 bits per heavy atom. The van der Waals surface area contributed by atoms with E-state index in [1.54, 1.807) is 12.3 Å². The summed E-state index contributed by atoms with van der Waals surface area (Å²) in [6.45, 7) is 12.7. The first kappa shape index (κ1) is 16.3. The number of aromatic nitrogens is 1. The smallest absolute Gasteiger partial charge is 0.195 e. The molecule has 0 spiro atoms. The maximum Gasteiger partial charge on any atom is 0.195 e. The summed E-state index contributed by atoms with van der Waals surface area (Å²) < 4.78 is 4.76. The van der Waals surface area contributed by atoms with Crippen LogP contribution >= 0.6 is 0 Å².